The third kappa shape index (κ3) is 3.14. The molecule has 1 N–H and O–H groups in total. The molecule has 1 aromatic rings. The molecule has 1 saturated carbocycles. The van der Waals surface area contributed by atoms with E-state index in [4.69, 9.17) is 0 Å². The van der Waals surface area contributed by atoms with E-state index in [-0.39, 0.29) is 6.10 Å². The van der Waals surface area contributed by atoms with Crippen molar-refractivity contribution in [3.63, 3.8) is 0 Å². The fourth-order valence-corrected chi connectivity index (χ4v) is 3.29. The minimum atomic E-state index is -0.200. The Labute approximate surface area is 110 Å². The molecule has 1 fully saturated rings. The summed E-state index contributed by atoms with van der Waals surface area (Å²) < 4.78 is 1.90. The van der Waals surface area contributed by atoms with Crippen molar-refractivity contribution < 1.29 is 5.11 Å². The van der Waals surface area contributed by atoms with Crippen LogP contribution < -0.4 is 0 Å². The molecule has 2 rings (SSSR count). The minimum Gasteiger partial charge on any atom is -0.392 e. The van der Waals surface area contributed by atoms with Gasteiger partial charge in [0, 0.05) is 19.2 Å². The Morgan fingerprint density at radius 1 is 1.50 bits per heavy atom. The first kappa shape index (κ1) is 13.6. The predicted octanol–water partition coefficient (Wildman–Crippen LogP) is 2.85. The molecule has 1 aliphatic carbocycles. The first-order valence-corrected chi connectivity index (χ1v) is 7.27. The molecule has 3 atom stereocenters. The van der Waals surface area contributed by atoms with Crippen molar-refractivity contribution >= 4 is 0 Å². The van der Waals surface area contributed by atoms with E-state index in [1.807, 2.05) is 18.7 Å². The summed E-state index contributed by atoms with van der Waals surface area (Å²) in [4.78, 5) is 0. The molecule has 0 spiro atoms. The second-order valence-corrected chi connectivity index (χ2v) is 5.87. The number of hydrogen-bond acceptors (Lipinski definition) is 2. The third-order valence-corrected chi connectivity index (χ3v) is 4.46. The highest BCUT2D eigenvalue weighted by Crippen LogP contribution is 2.33. The van der Waals surface area contributed by atoms with E-state index in [0.717, 1.165) is 23.7 Å². The van der Waals surface area contributed by atoms with E-state index in [9.17, 15) is 5.11 Å². The molecule has 0 bridgehead atoms. The lowest BCUT2D eigenvalue weighted by Gasteiger charge is -2.31. The van der Waals surface area contributed by atoms with Gasteiger partial charge < -0.3 is 5.11 Å². The summed E-state index contributed by atoms with van der Waals surface area (Å²) in [5.41, 5.74) is 2.19. The summed E-state index contributed by atoms with van der Waals surface area (Å²) >= 11 is 0. The topological polar surface area (TPSA) is 38.1 Å². The summed E-state index contributed by atoms with van der Waals surface area (Å²) in [6.07, 6.45) is 6.83. The normalized spacial score (nSPS) is 26.2. The van der Waals surface area contributed by atoms with Crippen LogP contribution >= 0.6 is 0 Å². The van der Waals surface area contributed by atoms with Gasteiger partial charge in [-0.15, -0.1) is 0 Å². The highest BCUT2D eigenvalue weighted by molar-refractivity contribution is 5.09. The van der Waals surface area contributed by atoms with Crippen LogP contribution in [0.2, 0.25) is 0 Å². The highest BCUT2D eigenvalue weighted by atomic mass is 16.3. The van der Waals surface area contributed by atoms with E-state index in [1.165, 1.54) is 32.1 Å². The van der Waals surface area contributed by atoms with Gasteiger partial charge >= 0.3 is 0 Å². The van der Waals surface area contributed by atoms with E-state index < -0.39 is 0 Å². The summed E-state index contributed by atoms with van der Waals surface area (Å²) in [5.74, 6) is 1.31. The molecule has 3 heteroatoms. The van der Waals surface area contributed by atoms with Crippen LogP contribution in [0, 0.1) is 18.8 Å². The van der Waals surface area contributed by atoms with Gasteiger partial charge in [0.1, 0.15) is 0 Å². The molecule has 3 nitrogen and oxygen atoms in total. The van der Waals surface area contributed by atoms with Crippen molar-refractivity contribution in [2.45, 2.75) is 58.5 Å². The summed E-state index contributed by atoms with van der Waals surface area (Å²) in [7, 11) is 1.96. The predicted molar refractivity (Wildman–Crippen MR) is 73.4 cm³/mol. The first-order valence-electron chi connectivity index (χ1n) is 7.27. The van der Waals surface area contributed by atoms with Gasteiger partial charge in [0.05, 0.1) is 11.8 Å². The molecular formula is C15H26N2O. The Morgan fingerprint density at radius 3 is 2.89 bits per heavy atom. The number of rotatable bonds is 4. The molecular weight excluding hydrogens is 224 g/mol. The first-order chi connectivity index (χ1) is 8.60. The Balaban J connectivity index is 1.95. The Morgan fingerprint density at radius 2 is 2.28 bits per heavy atom. The monoisotopic (exact) mass is 250 g/mol. The van der Waals surface area contributed by atoms with Gasteiger partial charge in [-0.05, 0) is 37.7 Å². The van der Waals surface area contributed by atoms with Crippen molar-refractivity contribution in [3.05, 3.63) is 17.5 Å². The second kappa shape index (κ2) is 5.87. The number of aryl methyl sites for hydroxylation is 2. The fraction of sp³-hybridized carbons (Fsp3) is 0.800. The third-order valence-electron chi connectivity index (χ3n) is 4.46. The largest absolute Gasteiger partial charge is 0.392 e. The van der Waals surface area contributed by atoms with Gasteiger partial charge in [-0.3, -0.25) is 4.68 Å². The SMILES string of the molecule is CCC1CCCC(C(O)Cc2cc(C)nn2C)C1. The number of aromatic nitrogens is 2. The maximum atomic E-state index is 10.4. The van der Waals surface area contributed by atoms with Gasteiger partial charge in [-0.1, -0.05) is 26.2 Å². The maximum Gasteiger partial charge on any atom is 0.0623 e. The van der Waals surface area contributed by atoms with E-state index in [0.29, 0.717) is 5.92 Å². The van der Waals surface area contributed by atoms with Crippen molar-refractivity contribution in [1.29, 1.82) is 0 Å². The van der Waals surface area contributed by atoms with Crippen LogP contribution in [-0.4, -0.2) is 21.0 Å². The number of nitrogens with zero attached hydrogens (tertiary/aromatic N) is 2. The van der Waals surface area contributed by atoms with Crippen molar-refractivity contribution in [1.82, 2.24) is 9.78 Å². The second-order valence-electron chi connectivity index (χ2n) is 5.87. The average Bonchev–Trinajstić information content (AvgIpc) is 2.68. The van der Waals surface area contributed by atoms with Crippen LogP contribution in [0.5, 0.6) is 0 Å². The molecule has 3 unspecified atom stereocenters. The molecule has 0 amide bonds. The fourth-order valence-electron chi connectivity index (χ4n) is 3.29. The minimum absolute atomic E-state index is 0.200. The number of hydrogen-bond donors (Lipinski definition) is 1. The summed E-state index contributed by atoms with van der Waals surface area (Å²) in [6, 6.07) is 2.09. The van der Waals surface area contributed by atoms with Crippen LogP contribution in [0.15, 0.2) is 6.07 Å². The quantitative estimate of drug-likeness (QED) is 0.892. The number of aliphatic hydroxyl groups is 1. The van der Waals surface area contributed by atoms with Gasteiger partial charge in [0.25, 0.3) is 0 Å². The Kier molecular flexibility index (Phi) is 4.44. The lowest BCUT2D eigenvalue weighted by atomic mass is 9.77. The average molecular weight is 250 g/mol. The van der Waals surface area contributed by atoms with Crippen LogP contribution in [0.4, 0.5) is 0 Å². The smallest absolute Gasteiger partial charge is 0.0623 e. The molecule has 102 valence electrons. The molecule has 1 aliphatic rings. The molecule has 0 aliphatic heterocycles. The molecule has 0 saturated heterocycles. The lowest BCUT2D eigenvalue weighted by molar-refractivity contribution is 0.0671. The van der Waals surface area contributed by atoms with Crippen LogP contribution in [0.1, 0.15) is 50.4 Å². The standard InChI is InChI=1S/C15H26N2O/c1-4-12-6-5-7-13(9-12)15(18)10-14-8-11(2)16-17(14)3/h8,12-13,15,18H,4-7,9-10H2,1-3H3. The number of aliphatic hydroxyl groups excluding tert-OH is 1. The zero-order valence-corrected chi connectivity index (χ0v) is 11.9. The lowest BCUT2D eigenvalue weighted by Crippen LogP contribution is -2.28. The van der Waals surface area contributed by atoms with Crippen LogP contribution in [-0.2, 0) is 13.5 Å². The van der Waals surface area contributed by atoms with Crippen LogP contribution in [0.3, 0.4) is 0 Å². The van der Waals surface area contributed by atoms with Gasteiger partial charge in [-0.2, -0.15) is 5.10 Å². The van der Waals surface area contributed by atoms with Gasteiger partial charge in [0.2, 0.25) is 0 Å². The molecule has 18 heavy (non-hydrogen) atoms. The maximum absolute atomic E-state index is 10.4. The molecule has 0 radical (unpaired) electrons. The van der Waals surface area contributed by atoms with Crippen molar-refractivity contribution in [2.75, 3.05) is 0 Å². The Bertz CT molecular complexity index is 386. The Hall–Kier alpha value is -0.830. The molecule has 1 aromatic heterocycles. The molecule has 1 heterocycles. The highest BCUT2D eigenvalue weighted by Gasteiger charge is 2.27. The van der Waals surface area contributed by atoms with E-state index in [2.05, 4.69) is 18.1 Å². The zero-order valence-electron chi connectivity index (χ0n) is 11.9. The van der Waals surface area contributed by atoms with Crippen molar-refractivity contribution in [2.24, 2.45) is 18.9 Å². The molecule has 0 aromatic carbocycles. The van der Waals surface area contributed by atoms with Gasteiger partial charge in [-0.25, -0.2) is 0 Å². The zero-order chi connectivity index (χ0) is 13.1. The van der Waals surface area contributed by atoms with Crippen molar-refractivity contribution in [3.8, 4) is 0 Å². The van der Waals surface area contributed by atoms with Gasteiger partial charge in [0.15, 0.2) is 0 Å². The summed E-state index contributed by atoms with van der Waals surface area (Å²) in [5, 5.41) is 14.8. The van der Waals surface area contributed by atoms with E-state index >= 15 is 0 Å². The van der Waals surface area contributed by atoms with Crippen LogP contribution in [0.25, 0.3) is 0 Å². The van der Waals surface area contributed by atoms with E-state index in [1.54, 1.807) is 0 Å². The summed E-state index contributed by atoms with van der Waals surface area (Å²) in [6.45, 7) is 4.27.